The monoisotopic (exact) mass is 307 g/mol. The summed E-state index contributed by atoms with van der Waals surface area (Å²) < 4.78 is 27.1. The fraction of sp³-hybridized carbons (Fsp3) is 0.154. The van der Waals surface area contributed by atoms with E-state index in [1.54, 1.807) is 38.4 Å². The van der Waals surface area contributed by atoms with E-state index in [9.17, 15) is 8.42 Å². The topological polar surface area (TPSA) is 109 Å². The molecule has 112 valence electrons. The maximum absolute atomic E-state index is 12.3. The van der Waals surface area contributed by atoms with Gasteiger partial charge < -0.3 is 16.4 Å². The van der Waals surface area contributed by atoms with E-state index in [1.807, 2.05) is 0 Å². The highest BCUT2D eigenvalue weighted by molar-refractivity contribution is 7.92. The molecule has 1 aromatic carbocycles. The normalized spacial score (nSPS) is 11.0. The van der Waals surface area contributed by atoms with Crippen LogP contribution in [0.3, 0.4) is 0 Å². The van der Waals surface area contributed by atoms with Crippen LogP contribution in [0.25, 0.3) is 0 Å². The van der Waals surface area contributed by atoms with Crippen molar-refractivity contribution in [3.8, 4) is 0 Å². The third-order valence-corrected chi connectivity index (χ3v) is 4.20. The van der Waals surface area contributed by atoms with Gasteiger partial charge in [0.05, 0.1) is 16.3 Å². The van der Waals surface area contributed by atoms with Crippen LogP contribution in [-0.4, -0.2) is 27.5 Å². The zero-order valence-corrected chi connectivity index (χ0v) is 12.5. The Morgan fingerprint density at radius 2 is 1.76 bits per heavy atom. The predicted octanol–water partition coefficient (Wildman–Crippen LogP) is 1.55. The molecule has 21 heavy (non-hydrogen) atoms. The SMILES string of the molecule is CNc1ccc(S(=O)(=O)Nc2cccc(N)n2)cc1NC. The summed E-state index contributed by atoms with van der Waals surface area (Å²) in [7, 11) is -0.239. The number of nitrogens with zero attached hydrogens (tertiary/aromatic N) is 1. The molecular weight excluding hydrogens is 290 g/mol. The number of nitrogens with one attached hydrogen (secondary N) is 3. The van der Waals surface area contributed by atoms with E-state index in [-0.39, 0.29) is 16.5 Å². The van der Waals surface area contributed by atoms with Gasteiger partial charge in [-0.3, -0.25) is 4.72 Å². The first-order valence-electron chi connectivity index (χ1n) is 6.21. The van der Waals surface area contributed by atoms with Crippen LogP contribution < -0.4 is 21.1 Å². The van der Waals surface area contributed by atoms with Gasteiger partial charge in [-0.05, 0) is 30.3 Å². The van der Waals surface area contributed by atoms with Crippen LogP contribution in [0, 0.1) is 0 Å². The first-order chi connectivity index (χ1) is 9.96. The molecule has 0 aliphatic carbocycles. The first-order valence-corrected chi connectivity index (χ1v) is 7.69. The van der Waals surface area contributed by atoms with Gasteiger partial charge in [0.2, 0.25) is 0 Å². The Bertz CT molecular complexity index is 746. The Labute approximate surface area is 123 Å². The highest BCUT2D eigenvalue weighted by atomic mass is 32.2. The molecule has 0 unspecified atom stereocenters. The number of anilines is 4. The lowest BCUT2D eigenvalue weighted by atomic mass is 10.2. The van der Waals surface area contributed by atoms with Gasteiger partial charge in [-0.15, -0.1) is 0 Å². The molecule has 0 aliphatic heterocycles. The Morgan fingerprint density at radius 1 is 1.05 bits per heavy atom. The number of hydrogen-bond donors (Lipinski definition) is 4. The predicted molar refractivity (Wildman–Crippen MR) is 85.0 cm³/mol. The van der Waals surface area contributed by atoms with Crippen LogP contribution in [0.15, 0.2) is 41.3 Å². The van der Waals surface area contributed by atoms with Gasteiger partial charge in [0.15, 0.2) is 0 Å². The van der Waals surface area contributed by atoms with Gasteiger partial charge in [0, 0.05) is 14.1 Å². The number of pyridine rings is 1. The Morgan fingerprint density at radius 3 is 2.38 bits per heavy atom. The molecule has 0 saturated carbocycles. The van der Waals surface area contributed by atoms with E-state index in [2.05, 4.69) is 20.3 Å². The summed E-state index contributed by atoms with van der Waals surface area (Å²) >= 11 is 0. The van der Waals surface area contributed by atoms with Gasteiger partial charge in [-0.25, -0.2) is 13.4 Å². The molecular formula is C13H17N5O2S. The molecule has 2 aromatic rings. The van der Waals surface area contributed by atoms with E-state index in [4.69, 9.17) is 5.73 Å². The number of nitrogens with two attached hydrogens (primary N) is 1. The van der Waals surface area contributed by atoms with Crippen molar-refractivity contribution >= 4 is 33.0 Å². The quantitative estimate of drug-likeness (QED) is 0.667. The maximum Gasteiger partial charge on any atom is 0.263 e. The van der Waals surface area contributed by atoms with E-state index in [1.165, 1.54) is 12.1 Å². The van der Waals surface area contributed by atoms with E-state index < -0.39 is 10.0 Å². The zero-order valence-electron chi connectivity index (χ0n) is 11.7. The van der Waals surface area contributed by atoms with Crippen molar-refractivity contribution in [3.05, 3.63) is 36.4 Å². The Balaban J connectivity index is 2.35. The van der Waals surface area contributed by atoms with E-state index in [0.717, 1.165) is 5.69 Å². The van der Waals surface area contributed by atoms with Crippen LogP contribution in [0.5, 0.6) is 0 Å². The van der Waals surface area contributed by atoms with Crippen LogP contribution in [0.4, 0.5) is 23.0 Å². The summed E-state index contributed by atoms with van der Waals surface area (Å²) in [6.07, 6.45) is 0. The molecule has 0 fully saturated rings. The van der Waals surface area contributed by atoms with Crippen molar-refractivity contribution in [3.63, 3.8) is 0 Å². The van der Waals surface area contributed by atoms with Gasteiger partial charge >= 0.3 is 0 Å². The molecule has 1 aromatic heterocycles. The number of sulfonamides is 1. The van der Waals surface area contributed by atoms with E-state index in [0.29, 0.717) is 5.69 Å². The first kappa shape index (κ1) is 14.9. The smallest absolute Gasteiger partial charge is 0.263 e. The fourth-order valence-electron chi connectivity index (χ4n) is 1.82. The van der Waals surface area contributed by atoms with Crippen molar-refractivity contribution in [2.75, 3.05) is 35.2 Å². The molecule has 7 nitrogen and oxygen atoms in total. The lowest BCUT2D eigenvalue weighted by Crippen LogP contribution is -2.14. The van der Waals surface area contributed by atoms with Crippen molar-refractivity contribution in [2.24, 2.45) is 0 Å². The van der Waals surface area contributed by atoms with Crippen LogP contribution in [0.1, 0.15) is 0 Å². The summed E-state index contributed by atoms with van der Waals surface area (Å²) in [5.41, 5.74) is 7.02. The lowest BCUT2D eigenvalue weighted by Gasteiger charge is -2.12. The van der Waals surface area contributed by atoms with Gasteiger partial charge in [-0.2, -0.15) is 0 Å². The highest BCUT2D eigenvalue weighted by Crippen LogP contribution is 2.25. The summed E-state index contributed by atoms with van der Waals surface area (Å²) in [6, 6.07) is 9.49. The van der Waals surface area contributed by atoms with E-state index >= 15 is 0 Å². The second kappa shape index (κ2) is 5.88. The molecule has 0 spiro atoms. The molecule has 0 bridgehead atoms. The molecule has 8 heteroatoms. The molecule has 2 rings (SSSR count). The maximum atomic E-state index is 12.3. The minimum absolute atomic E-state index is 0.134. The van der Waals surface area contributed by atoms with Crippen molar-refractivity contribution in [1.29, 1.82) is 0 Å². The largest absolute Gasteiger partial charge is 0.386 e. The molecule has 5 N–H and O–H groups in total. The molecule has 0 amide bonds. The minimum Gasteiger partial charge on any atom is -0.386 e. The Hall–Kier alpha value is -2.48. The lowest BCUT2D eigenvalue weighted by molar-refractivity contribution is 0.601. The molecule has 0 atom stereocenters. The highest BCUT2D eigenvalue weighted by Gasteiger charge is 2.16. The summed E-state index contributed by atoms with van der Waals surface area (Å²) in [4.78, 5) is 4.05. The number of benzene rings is 1. The van der Waals surface area contributed by atoms with Crippen molar-refractivity contribution < 1.29 is 8.42 Å². The minimum atomic E-state index is -3.72. The molecule has 0 saturated heterocycles. The summed E-state index contributed by atoms with van der Waals surface area (Å²) in [6.45, 7) is 0. The zero-order chi connectivity index (χ0) is 15.5. The Kier molecular flexibility index (Phi) is 4.18. The number of aromatic nitrogens is 1. The fourth-order valence-corrected chi connectivity index (χ4v) is 2.85. The summed E-state index contributed by atoms with van der Waals surface area (Å²) in [5, 5.41) is 5.92. The van der Waals surface area contributed by atoms with Crippen molar-refractivity contribution in [1.82, 2.24) is 4.98 Å². The average Bonchev–Trinajstić information content (AvgIpc) is 2.46. The van der Waals surface area contributed by atoms with Crippen LogP contribution in [0.2, 0.25) is 0 Å². The number of nitrogen functional groups attached to an aromatic ring is 1. The third-order valence-electron chi connectivity index (χ3n) is 2.85. The summed E-state index contributed by atoms with van der Waals surface area (Å²) in [5.74, 6) is 0.426. The van der Waals surface area contributed by atoms with Crippen LogP contribution in [-0.2, 0) is 10.0 Å². The number of hydrogen-bond acceptors (Lipinski definition) is 6. The second-order valence-electron chi connectivity index (χ2n) is 4.26. The van der Waals surface area contributed by atoms with Crippen LogP contribution >= 0.6 is 0 Å². The second-order valence-corrected chi connectivity index (χ2v) is 5.94. The van der Waals surface area contributed by atoms with Crippen molar-refractivity contribution in [2.45, 2.75) is 4.90 Å². The van der Waals surface area contributed by atoms with Gasteiger partial charge in [0.25, 0.3) is 10.0 Å². The standard InChI is InChI=1S/C13H17N5O2S/c1-15-10-7-6-9(8-11(10)16-2)21(19,20)18-13-5-3-4-12(14)17-13/h3-8,15-16H,1-2H3,(H3,14,17,18). The average molecular weight is 307 g/mol. The van der Waals surface area contributed by atoms with Gasteiger partial charge in [-0.1, -0.05) is 6.07 Å². The van der Waals surface area contributed by atoms with Gasteiger partial charge in [0.1, 0.15) is 11.6 Å². The number of rotatable bonds is 5. The molecule has 0 aliphatic rings. The molecule has 1 heterocycles. The molecule has 0 radical (unpaired) electrons. The third kappa shape index (κ3) is 3.34.